The maximum atomic E-state index is 11.3. The molecular weight excluding hydrogens is 439 g/mol. The molecule has 3 rings (SSSR count). The van der Waals surface area contributed by atoms with Crippen LogP contribution in [0.2, 0.25) is 10.0 Å². The minimum Gasteiger partial charge on any atom is -0.360 e. The number of nitrogens with zero attached hydrogens (tertiary/aromatic N) is 2. The molecule has 0 aliphatic heterocycles. The van der Waals surface area contributed by atoms with Gasteiger partial charge in [0.25, 0.3) is 0 Å². The predicted octanol–water partition coefficient (Wildman–Crippen LogP) is 4.74. The van der Waals surface area contributed by atoms with E-state index in [2.05, 4.69) is 16.4 Å². The number of hydrogen-bond acceptors (Lipinski definition) is 6. The van der Waals surface area contributed by atoms with E-state index in [1.807, 2.05) is 0 Å². The lowest BCUT2D eigenvalue weighted by Crippen LogP contribution is -2.11. The quantitative estimate of drug-likeness (QED) is 0.545. The molecule has 0 aliphatic carbocycles. The molecule has 2 aromatic carbocycles. The smallest absolute Gasteiger partial charge is 0.238 e. The highest BCUT2D eigenvalue weighted by molar-refractivity contribution is 7.89. The molecule has 0 amide bonds. The fourth-order valence-corrected chi connectivity index (χ4v) is 4.06. The van der Waals surface area contributed by atoms with Gasteiger partial charge in [-0.25, -0.2) is 18.5 Å². The van der Waals surface area contributed by atoms with Crippen LogP contribution >= 0.6 is 34.5 Å². The Labute approximate surface area is 175 Å². The number of nitrogens with two attached hydrogens (primary N) is 1. The second-order valence-electron chi connectivity index (χ2n) is 5.55. The van der Waals surface area contributed by atoms with Crippen LogP contribution in [0.3, 0.4) is 0 Å². The Hall–Kier alpha value is -2.41. The van der Waals surface area contributed by atoms with Crippen molar-refractivity contribution in [2.75, 3.05) is 5.32 Å². The van der Waals surface area contributed by atoms with Crippen LogP contribution in [0.5, 0.6) is 0 Å². The van der Waals surface area contributed by atoms with Crippen molar-refractivity contribution in [3.05, 3.63) is 69.1 Å². The van der Waals surface area contributed by atoms with Crippen LogP contribution in [0.15, 0.2) is 58.9 Å². The zero-order chi connectivity index (χ0) is 20.3. The van der Waals surface area contributed by atoms with E-state index < -0.39 is 10.0 Å². The lowest BCUT2D eigenvalue weighted by atomic mass is 10.2. The number of sulfonamides is 1. The summed E-state index contributed by atoms with van der Waals surface area (Å²) >= 11 is 13.4. The van der Waals surface area contributed by atoms with Gasteiger partial charge >= 0.3 is 0 Å². The van der Waals surface area contributed by atoms with E-state index >= 15 is 0 Å². The fraction of sp³-hybridized carbons (Fsp3) is 0. The van der Waals surface area contributed by atoms with Crippen molar-refractivity contribution in [1.82, 2.24) is 4.98 Å². The van der Waals surface area contributed by atoms with Gasteiger partial charge in [0.15, 0.2) is 0 Å². The minimum absolute atomic E-state index is 0.00643. The number of allylic oxidation sites excluding steroid dienone is 1. The average Bonchev–Trinajstić information content (AvgIpc) is 3.11. The van der Waals surface area contributed by atoms with Crippen LogP contribution in [0.1, 0.15) is 5.01 Å². The van der Waals surface area contributed by atoms with Gasteiger partial charge < -0.3 is 5.32 Å². The number of nitrogens with one attached hydrogen (secondary N) is 1. The molecule has 142 valence electrons. The first-order valence-electron chi connectivity index (χ1n) is 7.69. The summed E-state index contributed by atoms with van der Waals surface area (Å²) in [6, 6.07) is 13.1. The van der Waals surface area contributed by atoms with Crippen LogP contribution in [0.25, 0.3) is 16.8 Å². The Morgan fingerprint density at radius 2 is 1.93 bits per heavy atom. The highest BCUT2D eigenvalue weighted by atomic mass is 35.5. The molecule has 0 radical (unpaired) electrons. The first-order valence-corrected chi connectivity index (χ1v) is 10.9. The van der Waals surface area contributed by atoms with Gasteiger partial charge in [-0.15, -0.1) is 11.3 Å². The zero-order valence-electron chi connectivity index (χ0n) is 14.1. The maximum absolute atomic E-state index is 11.3. The van der Waals surface area contributed by atoms with Gasteiger partial charge in [-0.3, -0.25) is 0 Å². The summed E-state index contributed by atoms with van der Waals surface area (Å²) in [5, 5.41) is 20.8. The topological polar surface area (TPSA) is 109 Å². The van der Waals surface area contributed by atoms with Gasteiger partial charge in [0.05, 0.1) is 15.6 Å². The van der Waals surface area contributed by atoms with Crippen molar-refractivity contribution >= 4 is 55.8 Å². The van der Waals surface area contributed by atoms with Gasteiger partial charge in [-0.05, 0) is 42.5 Å². The molecule has 0 unspecified atom stereocenters. The van der Waals surface area contributed by atoms with Crippen molar-refractivity contribution in [2.24, 2.45) is 5.14 Å². The molecule has 1 aromatic heterocycles. The predicted molar refractivity (Wildman–Crippen MR) is 113 cm³/mol. The Morgan fingerprint density at radius 1 is 1.21 bits per heavy atom. The number of benzene rings is 2. The molecule has 0 aliphatic rings. The number of hydrogen-bond donors (Lipinski definition) is 2. The second kappa shape index (κ2) is 8.31. The summed E-state index contributed by atoms with van der Waals surface area (Å²) in [5.41, 5.74) is 2.27. The number of halogens is 2. The molecule has 0 fully saturated rings. The number of anilines is 1. The van der Waals surface area contributed by atoms with Gasteiger partial charge in [0, 0.05) is 27.9 Å². The van der Waals surface area contributed by atoms with Crippen LogP contribution in [0, 0.1) is 11.3 Å². The van der Waals surface area contributed by atoms with E-state index in [-0.39, 0.29) is 4.90 Å². The Kier molecular flexibility index (Phi) is 6.03. The van der Waals surface area contributed by atoms with E-state index in [0.29, 0.717) is 32.0 Å². The molecule has 28 heavy (non-hydrogen) atoms. The standard InChI is InChI=1S/C18H12Cl2N4O2S2/c19-12-1-6-15(16(20)7-12)17-10-27-18(24-17)11(8-21)9-23-13-2-4-14(5-3-13)28(22,25)26/h1-7,9-10,23H,(H2,22,25,26)/b11-9+. The maximum Gasteiger partial charge on any atom is 0.238 e. The van der Waals surface area contributed by atoms with Crippen molar-refractivity contribution in [3.63, 3.8) is 0 Å². The highest BCUT2D eigenvalue weighted by Gasteiger charge is 2.12. The van der Waals surface area contributed by atoms with Gasteiger partial charge in [0.2, 0.25) is 10.0 Å². The summed E-state index contributed by atoms with van der Waals surface area (Å²) in [7, 11) is -3.75. The Balaban J connectivity index is 1.82. The zero-order valence-corrected chi connectivity index (χ0v) is 17.2. The minimum atomic E-state index is -3.75. The number of thiazole rings is 1. The summed E-state index contributed by atoms with van der Waals surface area (Å²) in [6.45, 7) is 0. The van der Waals surface area contributed by atoms with E-state index in [9.17, 15) is 13.7 Å². The molecular formula is C18H12Cl2N4O2S2. The summed E-state index contributed by atoms with van der Waals surface area (Å²) in [4.78, 5) is 4.47. The second-order valence-corrected chi connectivity index (χ2v) is 8.81. The third-order valence-electron chi connectivity index (χ3n) is 3.63. The largest absolute Gasteiger partial charge is 0.360 e. The van der Waals surface area contributed by atoms with Crippen molar-refractivity contribution in [3.8, 4) is 17.3 Å². The van der Waals surface area contributed by atoms with Crippen LogP contribution in [-0.4, -0.2) is 13.4 Å². The normalized spacial score (nSPS) is 11.9. The van der Waals surface area contributed by atoms with E-state index in [0.717, 1.165) is 5.56 Å². The number of rotatable bonds is 5. The van der Waals surface area contributed by atoms with Gasteiger partial charge in [0.1, 0.15) is 16.6 Å². The van der Waals surface area contributed by atoms with Crippen molar-refractivity contribution < 1.29 is 8.42 Å². The SMILES string of the molecule is N#C/C(=C\Nc1ccc(S(N)(=O)=O)cc1)c1nc(-c2ccc(Cl)cc2Cl)cs1. The van der Waals surface area contributed by atoms with Crippen LogP contribution < -0.4 is 10.5 Å². The summed E-state index contributed by atoms with van der Waals surface area (Å²) in [6.07, 6.45) is 1.50. The summed E-state index contributed by atoms with van der Waals surface area (Å²) in [5.74, 6) is 0. The molecule has 0 bridgehead atoms. The first kappa shape index (κ1) is 20.3. The first-order chi connectivity index (χ1) is 13.3. The molecule has 0 saturated heterocycles. The molecule has 3 N–H and O–H groups in total. The molecule has 10 heteroatoms. The number of primary sulfonamides is 1. The molecule has 1 heterocycles. The van der Waals surface area contributed by atoms with Crippen molar-refractivity contribution in [2.45, 2.75) is 4.90 Å². The van der Waals surface area contributed by atoms with Crippen molar-refractivity contribution in [1.29, 1.82) is 5.26 Å². The highest BCUT2D eigenvalue weighted by Crippen LogP contribution is 2.32. The molecule has 6 nitrogen and oxygen atoms in total. The van der Waals surface area contributed by atoms with Gasteiger partial charge in [-0.1, -0.05) is 23.2 Å². The lowest BCUT2D eigenvalue weighted by molar-refractivity contribution is 0.598. The number of nitriles is 1. The molecule has 3 aromatic rings. The third kappa shape index (κ3) is 4.70. The summed E-state index contributed by atoms with van der Waals surface area (Å²) < 4.78 is 22.6. The third-order valence-corrected chi connectivity index (χ3v) is 5.98. The van der Waals surface area contributed by atoms with Crippen LogP contribution in [-0.2, 0) is 10.0 Å². The Morgan fingerprint density at radius 3 is 2.54 bits per heavy atom. The van der Waals surface area contributed by atoms with E-state index in [4.69, 9.17) is 28.3 Å². The van der Waals surface area contributed by atoms with E-state index in [1.54, 1.807) is 35.7 Å². The fourth-order valence-electron chi connectivity index (χ4n) is 2.26. The molecule has 0 atom stereocenters. The van der Waals surface area contributed by atoms with Gasteiger partial charge in [-0.2, -0.15) is 5.26 Å². The molecule has 0 spiro atoms. The lowest BCUT2D eigenvalue weighted by Gasteiger charge is -2.03. The number of aromatic nitrogens is 1. The average molecular weight is 451 g/mol. The molecule has 0 saturated carbocycles. The van der Waals surface area contributed by atoms with E-state index in [1.165, 1.54) is 29.7 Å². The monoisotopic (exact) mass is 450 g/mol. The Bertz CT molecular complexity index is 1200. The van der Waals surface area contributed by atoms with Crippen LogP contribution in [0.4, 0.5) is 5.69 Å².